The number of fused-ring (bicyclic) bond motifs is 1. The Bertz CT molecular complexity index is 395. The Balaban J connectivity index is 2.35. The highest BCUT2D eigenvalue weighted by molar-refractivity contribution is 6.09. The summed E-state index contributed by atoms with van der Waals surface area (Å²) in [6.45, 7) is 5.17. The maximum absolute atomic E-state index is 12.3. The molecule has 0 aromatic carbocycles. The van der Waals surface area contributed by atoms with E-state index in [2.05, 4.69) is 0 Å². The molecule has 1 aliphatic carbocycles. The van der Waals surface area contributed by atoms with E-state index in [0.29, 0.717) is 18.8 Å². The van der Waals surface area contributed by atoms with Gasteiger partial charge in [-0.1, -0.05) is 13.8 Å². The summed E-state index contributed by atoms with van der Waals surface area (Å²) in [6, 6.07) is 0. The van der Waals surface area contributed by atoms with E-state index < -0.39 is 11.5 Å². The first-order valence-electron chi connectivity index (χ1n) is 6.44. The quantitative estimate of drug-likeness (QED) is 0.769. The predicted octanol–water partition coefficient (Wildman–Crippen LogP) is 1.27. The first-order valence-corrected chi connectivity index (χ1v) is 6.44. The number of nitrogens with zero attached hydrogens (tertiary/aromatic N) is 1. The van der Waals surface area contributed by atoms with Crippen molar-refractivity contribution < 1.29 is 19.5 Å². The van der Waals surface area contributed by atoms with E-state index in [0.717, 1.165) is 4.90 Å². The van der Waals surface area contributed by atoms with Crippen molar-refractivity contribution in [2.75, 3.05) is 0 Å². The van der Waals surface area contributed by atoms with E-state index in [1.807, 2.05) is 6.92 Å². The summed E-state index contributed by atoms with van der Waals surface area (Å²) in [5.74, 6) is -1.91. The molecule has 2 aliphatic rings. The van der Waals surface area contributed by atoms with Gasteiger partial charge in [0.1, 0.15) is 5.54 Å². The van der Waals surface area contributed by atoms with Crippen LogP contribution in [0.5, 0.6) is 0 Å². The van der Waals surface area contributed by atoms with Gasteiger partial charge in [0.15, 0.2) is 0 Å². The molecule has 2 amide bonds. The third kappa shape index (κ3) is 1.56. The fourth-order valence-electron chi connectivity index (χ4n) is 3.17. The Hall–Kier alpha value is -1.39. The molecule has 2 fully saturated rings. The standard InChI is InChI=1S/C13H19NO4/c1-4-13(3,12(17)18)14-10(15)8-5-7(2)6-9(8)11(14)16/h7-9H,4-6H2,1-3H3,(H,17,18). The van der Waals surface area contributed by atoms with Crippen LogP contribution in [0.1, 0.15) is 40.0 Å². The van der Waals surface area contributed by atoms with E-state index in [9.17, 15) is 19.5 Å². The van der Waals surface area contributed by atoms with Gasteiger partial charge in [0.25, 0.3) is 0 Å². The van der Waals surface area contributed by atoms with Gasteiger partial charge in [-0.2, -0.15) is 0 Å². The van der Waals surface area contributed by atoms with Crippen LogP contribution < -0.4 is 0 Å². The fourth-order valence-corrected chi connectivity index (χ4v) is 3.17. The van der Waals surface area contributed by atoms with Crippen LogP contribution in [0, 0.1) is 17.8 Å². The van der Waals surface area contributed by atoms with Gasteiger partial charge in [0, 0.05) is 0 Å². The van der Waals surface area contributed by atoms with Gasteiger partial charge in [0.05, 0.1) is 11.8 Å². The molecule has 100 valence electrons. The van der Waals surface area contributed by atoms with Crippen LogP contribution >= 0.6 is 0 Å². The monoisotopic (exact) mass is 253 g/mol. The van der Waals surface area contributed by atoms with Gasteiger partial charge in [-0.3, -0.25) is 14.5 Å². The highest BCUT2D eigenvalue weighted by Crippen LogP contribution is 2.45. The predicted molar refractivity (Wildman–Crippen MR) is 63.6 cm³/mol. The summed E-state index contributed by atoms with van der Waals surface area (Å²) in [5.41, 5.74) is -1.40. The zero-order valence-corrected chi connectivity index (χ0v) is 11.0. The first kappa shape index (κ1) is 13.1. The van der Waals surface area contributed by atoms with Gasteiger partial charge in [-0.15, -0.1) is 0 Å². The van der Waals surface area contributed by atoms with Crippen LogP contribution in [0.25, 0.3) is 0 Å². The number of likely N-dealkylation sites (tertiary alicyclic amines) is 1. The average molecular weight is 253 g/mol. The molecule has 1 aliphatic heterocycles. The largest absolute Gasteiger partial charge is 0.479 e. The number of carbonyl (C=O) groups excluding carboxylic acids is 2. The lowest BCUT2D eigenvalue weighted by Gasteiger charge is -2.33. The van der Waals surface area contributed by atoms with Crippen molar-refractivity contribution >= 4 is 17.8 Å². The SMILES string of the molecule is CCC(C)(C(=O)O)N1C(=O)C2CC(C)CC2C1=O. The molecule has 0 bridgehead atoms. The second-order valence-corrected chi connectivity index (χ2v) is 5.73. The number of imide groups is 1. The minimum Gasteiger partial charge on any atom is -0.479 e. The Kier molecular flexibility index (Phi) is 2.95. The van der Waals surface area contributed by atoms with Crippen molar-refractivity contribution in [1.82, 2.24) is 4.90 Å². The summed E-state index contributed by atoms with van der Waals surface area (Å²) in [6.07, 6.45) is 1.63. The molecule has 0 radical (unpaired) electrons. The third-order valence-electron chi connectivity index (χ3n) is 4.52. The number of hydrogen-bond acceptors (Lipinski definition) is 3. The molecule has 0 aromatic rings. The van der Waals surface area contributed by atoms with Crippen molar-refractivity contribution in [1.29, 1.82) is 0 Å². The third-order valence-corrected chi connectivity index (χ3v) is 4.52. The first-order chi connectivity index (χ1) is 8.32. The molecular formula is C13H19NO4. The maximum Gasteiger partial charge on any atom is 0.329 e. The number of aliphatic carboxylic acids is 1. The molecule has 5 heteroatoms. The fraction of sp³-hybridized carbons (Fsp3) is 0.769. The highest BCUT2D eigenvalue weighted by Gasteiger charge is 2.58. The molecular weight excluding hydrogens is 234 g/mol. The van der Waals surface area contributed by atoms with Gasteiger partial charge in [-0.25, -0.2) is 4.79 Å². The number of hydrogen-bond donors (Lipinski definition) is 1. The normalized spacial score (nSPS) is 34.6. The molecule has 0 aromatic heterocycles. The highest BCUT2D eigenvalue weighted by atomic mass is 16.4. The Labute approximate surface area is 106 Å². The van der Waals surface area contributed by atoms with Crippen LogP contribution in [0.3, 0.4) is 0 Å². The van der Waals surface area contributed by atoms with Gasteiger partial charge in [-0.05, 0) is 32.1 Å². The molecule has 3 atom stereocenters. The van der Waals surface area contributed by atoms with Crippen LogP contribution in [0.2, 0.25) is 0 Å². The molecule has 1 N–H and O–H groups in total. The Morgan fingerprint density at radius 3 is 2.11 bits per heavy atom. The number of carboxylic acid groups (broad SMARTS) is 1. The summed E-state index contributed by atoms with van der Waals surface area (Å²) >= 11 is 0. The molecule has 0 spiro atoms. The van der Waals surface area contributed by atoms with E-state index in [1.54, 1.807) is 6.92 Å². The molecule has 18 heavy (non-hydrogen) atoms. The van der Waals surface area contributed by atoms with Crippen molar-refractivity contribution in [3.05, 3.63) is 0 Å². The minimum absolute atomic E-state index is 0.231. The van der Waals surface area contributed by atoms with Crippen LogP contribution in [-0.4, -0.2) is 33.3 Å². The Morgan fingerprint density at radius 2 is 1.78 bits per heavy atom. The number of carbonyl (C=O) groups is 3. The lowest BCUT2D eigenvalue weighted by Crippen LogP contribution is -2.55. The molecule has 2 rings (SSSR count). The minimum atomic E-state index is -1.40. The van der Waals surface area contributed by atoms with Crippen LogP contribution in [0.15, 0.2) is 0 Å². The van der Waals surface area contributed by atoms with E-state index in [-0.39, 0.29) is 30.1 Å². The second kappa shape index (κ2) is 4.07. The van der Waals surface area contributed by atoms with Crippen molar-refractivity contribution in [2.24, 2.45) is 17.8 Å². The lowest BCUT2D eigenvalue weighted by atomic mass is 9.96. The summed E-state index contributed by atoms with van der Waals surface area (Å²) in [7, 11) is 0. The molecule has 1 heterocycles. The number of amides is 2. The topological polar surface area (TPSA) is 74.7 Å². The molecule has 1 saturated carbocycles. The summed E-state index contributed by atoms with van der Waals surface area (Å²) < 4.78 is 0. The van der Waals surface area contributed by atoms with E-state index in [4.69, 9.17) is 0 Å². The van der Waals surface area contributed by atoms with E-state index in [1.165, 1.54) is 6.92 Å². The van der Waals surface area contributed by atoms with Crippen molar-refractivity contribution in [3.63, 3.8) is 0 Å². The Morgan fingerprint density at radius 1 is 1.33 bits per heavy atom. The van der Waals surface area contributed by atoms with Crippen LogP contribution in [-0.2, 0) is 14.4 Å². The van der Waals surface area contributed by atoms with Crippen LogP contribution in [0.4, 0.5) is 0 Å². The summed E-state index contributed by atoms with van der Waals surface area (Å²) in [4.78, 5) is 37.0. The van der Waals surface area contributed by atoms with E-state index >= 15 is 0 Å². The number of rotatable bonds is 3. The molecule has 1 saturated heterocycles. The zero-order chi connectivity index (χ0) is 13.7. The summed E-state index contributed by atoms with van der Waals surface area (Å²) in [5, 5.41) is 9.30. The molecule has 3 unspecified atom stereocenters. The number of carboxylic acids is 1. The van der Waals surface area contributed by atoms with Gasteiger partial charge < -0.3 is 5.11 Å². The van der Waals surface area contributed by atoms with Gasteiger partial charge >= 0.3 is 5.97 Å². The zero-order valence-electron chi connectivity index (χ0n) is 11.0. The van der Waals surface area contributed by atoms with Gasteiger partial charge in [0.2, 0.25) is 11.8 Å². The van der Waals surface area contributed by atoms with Crippen molar-refractivity contribution in [3.8, 4) is 0 Å². The average Bonchev–Trinajstić information content (AvgIpc) is 2.78. The lowest BCUT2D eigenvalue weighted by molar-refractivity contribution is -0.163. The second-order valence-electron chi connectivity index (χ2n) is 5.73. The van der Waals surface area contributed by atoms with Crippen molar-refractivity contribution in [2.45, 2.75) is 45.6 Å². The maximum atomic E-state index is 12.3. The molecule has 5 nitrogen and oxygen atoms in total. The smallest absolute Gasteiger partial charge is 0.329 e.